The van der Waals surface area contributed by atoms with E-state index in [2.05, 4.69) is 17.6 Å². The molecule has 9 nitrogen and oxygen atoms in total. The molecule has 0 saturated carbocycles. The third-order valence-electron chi connectivity index (χ3n) is 6.29. The number of nitrogens with zero attached hydrogens (tertiary/aromatic N) is 3. The number of nitriles is 1. The van der Waals surface area contributed by atoms with E-state index in [9.17, 15) is 4.79 Å². The topological polar surface area (TPSA) is 114 Å². The van der Waals surface area contributed by atoms with E-state index in [1.54, 1.807) is 24.0 Å². The van der Waals surface area contributed by atoms with Crippen LogP contribution in [-0.2, 0) is 6.54 Å². The van der Waals surface area contributed by atoms with Gasteiger partial charge in [-0.05, 0) is 50.1 Å². The molecule has 2 aromatic rings. The van der Waals surface area contributed by atoms with E-state index in [0.29, 0.717) is 23.5 Å². The number of rotatable bonds is 11. The fourth-order valence-corrected chi connectivity index (χ4v) is 4.61. The van der Waals surface area contributed by atoms with Crippen molar-refractivity contribution in [2.75, 3.05) is 36.5 Å². The van der Waals surface area contributed by atoms with Crippen LogP contribution in [0.4, 0.5) is 15.8 Å². The van der Waals surface area contributed by atoms with E-state index >= 15 is 4.39 Å². The summed E-state index contributed by atoms with van der Waals surface area (Å²) < 4.78 is 26.4. The quantitative estimate of drug-likeness (QED) is 0.244. The summed E-state index contributed by atoms with van der Waals surface area (Å²) in [4.78, 5) is 16.9. The Morgan fingerprint density at radius 1 is 1.28 bits per heavy atom. The molecule has 36 heavy (non-hydrogen) atoms. The Balaban J connectivity index is 1.55. The molecule has 190 valence electrons. The van der Waals surface area contributed by atoms with Crippen molar-refractivity contribution in [2.24, 2.45) is 0 Å². The summed E-state index contributed by atoms with van der Waals surface area (Å²) in [5.74, 6) is -0.572. The number of benzene rings is 2. The molecule has 3 N–H and O–H groups in total. The number of unbranched alkanes of at least 4 members (excludes halogenated alkanes) is 1. The minimum Gasteiger partial charge on any atom is -0.490 e. The second kappa shape index (κ2) is 10.7. The zero-order valence-electron chi connectivity index (χ0n) is 20.8. The van der Waals surface area contributed by atoms with Crippen LogP contribution in [0.25, 0.3) is 0 Å². The van der Waals surface area contributed by atoms with Gasteiger partial charge in [-0.3, -0.25) is 15.5 Å². The minimum atomic E-state index is -0.635. The number of ether oxygens (including phenoxy) is 2. The van der Waals surface area contributed by atoms with Crippen LogP contribution < -0.4 is 25.0 Å². The zero-order valence-corrected chi connectivity index (χ0v) is 20.8. The molecular formula is C26H31FN6O3. The maximum Gasteiger partial charge on any atom is 0.197 e. The van der Waals surface area contributed by atoms with E-state index in [1.807, 2.05) is 30.1 Å². The molecule has 0 amide bonds. The third kappa shape index (κ3) is 4.61. The molecule has 0 saturated heterocycles. The number of Topliss-reactive ketones (excluding diaryl/α,β-unsaturated/α-hetero) is 1. The molecule has 10 heteroatoms. The first-order chi connectivity index (χ1) is 17.4. The Hall–Kier alpha value is -4.00. The summed E-state index contributed by atoms with van der Waals surface area (Å²) in [6.07, 6.45) is 3.54. The average Bonchev–Trinajstić information content (AvgIpc) is 3.36. The molecule has 2 aliphatic heterocycles. The lowest BCUT2D eigenvalue weighted by atomic mass is 10.1. The van der Waals surface area contributed by atoms with Gasteiger partial charge in [-0.15, -0.1) is 0 Å². The number of ketones is 1. The first kappa shape index (κ1) is 25.1. The molecule has 1 unspecified atom stereocenters. The Bertz CT molecular complexity index is 1210. The maximum atomic E-state index is 15.3. The van der Waals surface area contributed by atoms with Crippen molar-refractivity contribution in [3.63, 3.8) is 0 Å². The number of carbonyl (C=O) groups excluding carboxylic acids is 1. The molecule has 1 atom stereocenters. The highest BCUT2D eigenvalue weighted by Gasteiger charge is 2.34. The lowest BCUT2D eigenvalue weighted by Crippen LogP contribution is -2.45. The molecule has 2 aromatic carbocycles. The fraction of sp³-hybridized carbons (Fsp3) is 0.423. The van der Waals surface area contributed by atoms with Crippen molar-refractivity contribution in [3.05, 3.63) is 46.8 Å². The highest BCUT2D eigenvalue weighted by Crippen LogP contribution is 2.39. The summed E-state index contributed by atoms with van der Waals surface area (Å²) >= 11 is 0. The third-order valence-corrected chi connectivity index (χ3v) is 6.29. The van der Waals surface area contributed by atoms with E-state index in [1.165, 1.54) is 0 Å². The highest BCUT2D eigenvalue weighted by molar-refractivity contribution is 6.06. The fourth-order valence-electron chi connectivity index (χ4n) is 4.61. The summed E-state index contributed by atoms with van der Waals surface area (Å²) in [5, 5.41) is 23.7. The molecule has 0 fully saturated rings. The smallest absolute Gasteiger partial charge is 0.197 e. The molecule has 0 spiro atoms. The van der Waals surface area contributed by atoms with Crippen LogP contribution >= 0.6 is 0 Å². The van der Waals surface area contributed by atoms with Crippen molar-refractivity contribution in [2.45, 2.75) is 46.4 Å². The van der Waals surface area contributed by atoms with Gasteiger partial charge < -0.3 is 24.6 Å². The average molecular weight is 495 g/mol. The normalized spacial score (nSPS) is 15.8. The van der Waals surface area contributed by atoms with Gasteiger partial charge in [0.1, 0.15) is 5.84 Å². The molecular weight excluding hydrogens is 463 g/mol. The number of amidine groups is 1. The highest BCUT2D eigenvalue weighted by atomic mass is 19.1. The van der Waals surface area contributed by atoms with Gasteiger partial charge in [-0.2, -0.15) is 5.26 Å². The van der Waals surface area contributed by atoms with Gasteiger partial charge in [0.05, 0.1) is 36.7 Å². The molecule has 2 heterocycles. The van der Waals surface area contributed by atoms with E-state index < -0.39 is 5.82 Å². The molecule has 0 radical (unpaired) electrons. The maximum absolute atomic E-state index is 15.3. The van der Waals surface area contributed by atoms with Gasteiger partial charge >= 0.3 is 0 Å². The van der Waals surface area contributed by atoms with Crippen LogP contribution in [0.3, 0.4) is 0 Å². The first-order valence-corrected chi connectivity index (χ1v) is 12.2. The van der Waals surface area contributed by atoms with Crippen molar-refractivity contribution in [3.8, 4) is 17.7 Å². The minimum absolute atomic E-state index is 0.00477. The Kier molecular flexibility index (Phi) is 7.48. The molecule has 0 aliphatic carbocycles. The monoisotopic (exact) mass is 494 g/mol. The second-order valence-electron chi connectivity index (χ2n) is 8.63. The van der Waals surface area contributed by atoms with Crippen LogP contribution in [0.1, 0.15) is 55.1 Å². The van der Waals surface area contributed by atoms with Gasteiger partial charge in [0.2, 0.25) is 0 Å². The van der Waals surface area contributed by atoms with Crippen LogP contribution in [0.15, 0.2) is 24.3 Å². The predicted molar refractivity (Wildman–Crippen MR) is 135 cm³/mol. The molecule has 2 aliphatic rings. The first-order valence-electron chi connectivity index (χ1n) is 12.2. The van der Waals surface area contributed by atoms with Crippen LogP contribution in [0.5, 0.6) is 11.5 Å². The number of carbonyl (C=O) groups is 1. The SMILES string of the molecule is CCCCN1c2cc(C(=O)CN3Cc4cc(OCC)c(OCC)c(F)c4C3=N)ccc2NC1NC#N. The summed E-state index contributed by atoms with van der Waals surface area (Å²) in [6, 6.07) is 7.07. The predicted octanol–water partition coefficient (Wildman–Crippen LogP) is 4.03. The van der Waals surface area contributed by atoms with Crippen LogP contribution in [0.2, 0.25) is 0 Å². The lowest BCUT2D eigenvalue weighted by molar-refractivity contribution is 0.0962. The summed E-state index contributed by atoms with van der Waals surface area (Å²) in [6.45, 7) is 7.16. The number of fused-ring (bicyclic) bond motifs is 2. The number of hydrogen-bond donors (Lipinski definition) is 3. The Labute approximate surface area is 210 Å². The largest absolute Gasteiger partial charge is 0.490 e. The Morgan fingerprint density at radius 3 is 2.75 bits per heavy atom. The summed E-state index contributed by atoms with van der Waals surface area (Å²) in [7, 11) is 0. The van der Waals surface area contributed by atoms with E-state index in [4.69, 9.17) is 20.1 Å². The van der Waals surface area contributed by atoms with Crippen molar-refractivity contribution < 1.29 is 18.7 Å². The van der Waals surface area contributed by atoms with Gasteiger partial charge in [0, 0.05) is 18.7 Å². The number of anilines is 2. The van der Waals surface area contributed by atoms with Gasteiger partial charge in [-0.25, -0.2) is 4.39 Å². The van der Waals surface area contributed by atoms with Crippen LogP contribution in [0, 0.1) is 22.7 Å². The number of hydrogen-bond acceptors (Lipinski definition) is 8. The molecule has 0 aromatic heterocycles. The van der Waals surface area contributed by atoms with E-state index in [-0.39, 0.29) is 48.9 Å². The van der Waals surface area contributed by atoms with Gasteiger partial charge in [0.25, 0.3) is 0 Å². The van der Waals surface area contributed by atoms with Crippen molar-refractivity contribution >= 4 is 23.0 Å². The Morgan fingerprint density at radius 2 is 2.06 bits per heavy atom. The summed E-state index contributed by atoms with van der Waals surface area (Å²) in [5.41, 5.74) is 2.90. The number of halogens is 1. The van der Waals surface area contributed by atoms with E-state index in [0.717, 1.165) is 30.8 Å². The van der Waals surface area contributed by atoms with Gasteiger partial charge in [0.15, 0.2) is 35.6 Å². The van der Waals surface area contributed by atoms with Gasteiger partial charge in [-0.1, -0.05) is 13.3 Å². The second-order valence-corrected chi connectivity index (χ2v) is 8.63. The molecule has 0 bridgehead atoms. The molecule has 4 rings (SSSR count). The standard InChI is InChI=1S/C26H31FN6O3/c1-4-7-10-33-19-11-16(8-9-18(19)31-26(33)30-15-28)20(34)14-32-13-17-12-21(35-5-2)24(36-6-3)23(27)22(17)25(32)29/h8-9,11-12,26,29-31H,4-7,10,13-14H2,1-3H3. The van der Waals surface area contributed by atoms with Crippen molar-refractivity contribution in [1.29, 1.82) is 10.7 Å². The van der Waals surface area contributed by atoms with Crippen LogP contribution in [-0.4, -0.2) is 49.1 Å². The zero-order chi connectivity index (χ0) is 25.8. The van der Waals surface area contributed by atoms with Crippen molar-refractivity contribution in [1.82, 2.24) is 10.2 Å². The number of nitrogens with one attached hydrogen (secondary N) is 3. The lowest BCUT2D eigenvalue weighted by Gasteiger charge is -2.25.